The molecule has 4 aliphatic rings. The average Bonchev–Trinajstić information content (AvgIpc) is 2.18. The van der Waals surface area contributed by atoms with Gasteiger partial charge in [0, 0.05) is 5.92 Å². The number of esters is 1. The van der Waals surface area contributed by atoms with E-state index < -0.39 is 11.1 Å². The molecule has 3 fully saturated rings. The van der Waals surface area contributed by atoms with E-state index in [2.05, 4.69) is 25.8 Å². The van der Waals surface area contributed by atoms with Gasteiger partial charge in [0.1, 0.15) is 0 Å². The van der Waals surface area contributed by atoms with Crippen molar-refractivity contribution in [3.8, 4) is 0 Å². The first-order valence-electron chi connectivity index (χ1n) is 6.50. The van der Waals surface area contributed by atoms with Crippen LogP contribution in [0.25, 0.3) is 0 Å². The zero-order valence-corrected chi connectivity index (χ0v) is 11.3. The first kappa shape index (κ1) is 11.2. The molecule has 0 unspecified atom stereocenters. The summed E-state index contributed by atoms with van der Waals surface area (Å²) in [6.07, 6.45) is 2.17. The highest BCUT2D eigenvalue weighted by atomic mass is 16.6. The van der Waals surface area contributed by atoms with Crippen molar-refractivity contribution < 1.29 is 9.53 Å². The van der Waals surface area contributed by atoms with Gasteiger partial charge >= 0.3 is 5.97 Å². The van der Waals surface area contributed by atoms with E-state index in [9.17, 15) is 4.79 Å². The number of ether oxygens (including phenoxy) is 1. The summed E-state index contributed by atoms with van der Waals surface area (Å²) in [5.74, 6) is 0.976. The Balaban J connectivity index is 2.07. The largest absolute Gasteiger partial charge is 0.451 e. The lowest BCUT2D eigenvalue weighted by Gasteiger charge is -2.64. The monoisotopic (exact) mass is 235 g/mol. The number of nitrogens with zero attached hydrogens (tertiary/aromatic N) is 1. The van der Waals surface area contributed by atoms with E-state index in [1.807, 2.05) is 13.8 Å². The van der Waals surface area contributed by atoms with Gasteiger partial charge in [-0.1, -0.05) is 13.8 Å². The van der Waals surface area contributed by atoms with Crippen molar-refractivity contribution in [1.29, 1.82) is 0 Å². The van der Waals surface area contributed by atoms with Gasteiger partial charge in [0.25, 0.3) is 0 Å². The molecule has 0 aromatic rings. The minimum absolute atomic E-state index is 0.176. The van der Waals surface area contributed by atoms with E-state index in [1.54, 1.807) is 0 Å². The normalized spacial score (nSPS) is 45.2. The molecule has 4 rings (SSSR count). The molecule has 1 aliphatic heterocycles. The lowest BCUT2D eigenvalue weighted by molar-refractivity contribution is -0.191. The van der Waals surface area contributed by atoms with Crippen molar-refractivity contribution in [2.75, 3.05) is 0 Å². The van der Waals surface area contributed by atoms with Crippen LogP contribution in [0.4, 0.5) is 0 Å². The molecule has 3 nitrogen and oxygen atoms in total. The molecule has 0 spiro atoms. The van der Waals surface area contributed by atoms with Gasteiger partial charge in [-0.2, -0.15) is 0 Å². The van der Waals surface area contributed by atoms with Crippen molar-refractivity contribution in [3.63, 3.8) is 0 Å². The fourth-order valence-corrected chi connectivity index (χ4v) is 3.92. The van der Waals surface area contributed by atoms with Crippen molar-refractivity contribution in [2.45, 2.75) is 58.6 Å². The zero-order valence-electron chi connectivity index (χ0n) is 11.3. The van der Waals surface area contributed by atoms with Gasteiger partial charge in [-0.15, -0.1) is 0 Å². The Morgan fingerprint density at radius 3 is 2.47 bits per heavy atom. The maximum atomic E-state index is 12.0. The summed E-state index contributed by atoms with van der Waals surface area (Å²) in [4.78, 5) is 16.7. The summed E-state index contributed by atoms with van der Waals surface area (Å²) >= 11 is 0. The second-order valence-electron chi connectivity index (χ2n) is 7.12. The predicted octanol–water partition coefficient (Wildman–Crippen LogP) is 2.59. The second kappa shape index (κ2) is 2.76. The smallest absolute Gasteiger partial charge is 0.334 e. The summed E-state index contributed by atoms with van der Waals surface area (Å²) in [6, 6.07) is 0. The molecular formula is C14H21NO2. The van der Waals surface area contributed by atoms with Crippen molar-refractivity contribution in [1.82, 2.24) is 0 Å². The van der Waals surface area contributed by atoms with Crippen LogP contribution < -0.4 is 0 Å². The van der Waals surface area contributed by atoms with Crippen LogP contribution >= 0.6 is 0 Å². The van der Waals surface area contributed by atoms with Crippen molar-refractivity contribution in [2.24, 2.45) is 22.2 Å². The molecule has 3 heteroatoms. The predicted molar refractivity (Wildman–Crippen MR) is 66.0 cm³/mol. The quantitative estimate of drug-likeness (QED) is 0.605. The van der Waals surface area contributed by atoms with Crippen LogP contribution in [0.1, 0.15) is 47.5 Å². The van der Waals surface area contributed by atoms with Crippen LogP contribution in [-0.2, 0) is 9.53 Å². The first-order chi connectivity index (χ1) is 7.68. The van der Waals surface area contributed by atoms with E-state index >= 15 is 0 Å². The number of carbonyl (C=O) groups is 1. The Kier molecular flexibility index (Phi) is 1.82. The Labute approximate surface area is 103 Å². The van der Waals surface area contributed by atoms with Gasteiger partial charge < -0.3 is 4.74 Å². The molecule has 3 aliphatic carbocycles. The van der Waals surface area contributed by atoms with Gasteiger partial charge in [0.05, 0.1) is 5.71 Å². The summed E-state index contributed by atoms with van der Waals surface area (Å²) in [7, 11) is 0. The van der Waals surface area contributed by atoms with Gasteiger partial charge in [-0.25, -0.2) is 4.79 Å². The Hall–Kier alpha value is -0.860. The highest BCUT2D eigenvalue weighted by Crippen LogP contribution is 2.63. The molecule has 94 valence electrons. The van der Waals surface area contributed by atoms with Gasteiger partial charge in [0.15, 0.2) is 11.1 Å². The third kappa shape index (κ3) is 1.18. The zero-order chi connectivity index (χ0) is 12.6. The molecule has 0 aromatic carbocycles. The SMILES string of the molecule is CC1(C)N=C2C[C@H]3C[C@H](C3(C)C)[C@@]2(C)OC1=O. The Morgan fingerprint density at radius 1 is 1.24 bits per heavy atom. The van der Waals surface area contributed by atoms with E-state index in [4.69, 9.17) is 4.74 Å². The van der Waals surface area contributed by atoms with E-state index in [1.165, 1.54) is 6.42 Å². The molecule has 0 saturated heterocycles. The number of carbonyl (C=O) groups excluding carboxylic acids is 1. The molecule has 0 amide bonds. The van der Waals surface area contributed by atoms with Crippen LogP contribution in [0, 0.1) is 17.3 Å². The van der Waals surface area contributed by atoms with Crippen LogP contribution in [0.15, 0.2) is 4.99 Å². The summed E-state index contributed by atoms with van der Waals surface area (Å²) in [5.41, 5.74) is 0.269. The molecule has 1 heterocycles. The number of hydrogen-bond donors (Lipinski definition) is 0. The standard InChI is InChI=1S/C14H21NO2/c1-12(2)8-6-9(12)14(5)10(7-8)15-13(3,4)11(16)17-14/h8-9H,6-7H2,1-5H3/t8-,9-,14-/m1/s1. The van der Waals surface area contributed by atoms with E-state index in [0.29, 0.717) is 11.8 Å². The lowest BCUT2D eigenvalue weighted by atomic mass is 9.43. The first-order valence-corrected chi connectivity index (χ1v) is 6.50. The molecule has 17 heavy (non-hydrogen) atoms. The fourth-order valence-electron chi connectivity index (χ4n) is 3.92. The highest BCUT2D eigenvalue weighted by Gasteiger charge is 2.66. The van der Waals surface area contributed by atoms with Crippen molar-refractivity contribution >= 4 is 11.7 Å². The number of hydrogen-bond acceptors (Lipinski definition) is 3. The third-order valence-corrected chi connectivity index (χ3v) is 5.37. The molecule has 2 bridgehead atoms. The minimum atomic E-state index is -0.692. The fraction of sp³-hybridized carbons (Fsp3) is 0.857. The van der Waals surface area contributed by atoms with E-state index in [0.717, 1.165) is 12.1 Å². The van der Waals surface area contributed by atoms with E-state index in [-0.39, 0.29) is 11.4 Å². The molecule has 0 aromatic heterocycles. The summed E-state index contributed by atoms with van der Waals surface area (Å²) in [6.45, 7) is 10.3. The second-order valence-corrected chi connectivity index (χ2v) is 7.12. The summed E-state index contributed by atoms with van der Waals surface area (Å²) < 4.78 is 5.81. The Bertz CT molecular complexity index is 436. The van der Waals surface area contributed by atoms with Gasteiger partial charge in [-0.05, 0) is 44.9 Å². The number of rotatable bonds is 0. The summed E-state index contributed by atoms with van der Waals surface area (Å²) in [5, 5.41) is 0. The maximum Gasteiger partial charge on any atom is 0.334 e. The maximum absolute atomic E-state index is 12.0. The van der Waals surface area contributed by atoms with Crippen LogP contribution in [-0.4, -0.2) is 22.8 Å². The minimum Gasteiger partial charge on any atom is -0.451 e. The van der Waals surface area contributed by atoms with Crippen LogP contribution in [0.3, 0.4) is 0 Å². The molecular weight excluding hydrogens is 214 g/mol. The Morgan fingerprint density at radius 2 is 1.88 bits per heavy atom. The third-order valence-electron chi connectivity index (χ3n) is 5.37. The number of aliphatic imine (C=N–C) groups is 1. The van der Waals surface area contributed by atoms with Crippen LogP contribution in [0.5, 0.6) is 0 Å². The average molecular weight is 235 g/mol. The topological polar surface area (TPSA) is 38.7 Å². The van der Waals surface area contributed by atoms with Crippen LogP contribution in [0.2, 0.25) is 0 Å². The lowest BCUT2D eigenvalue weighted by Crippen LogP contribution is -2.69. The molecule has 0 N–H and O–H groups in total. The molecule has 3 saturated carbocycles. The van der Waals surface area contributed by atoms with Crippen molar-refractivity contribution in [3.05, 3.63) is 0 Å². The highest BCUT2D eigenvalue weighted by molar-refractivity contribution is 6.01. The molecule has 0 radical (unpaired) electrons. The van der Waals surface area contributed by atoms with Gasteiger partial charge in [0.2, 0.25) is 0 Å². The van der Waals surface area contributed by atoms with Gasteiger partial charge in [-0.3, -0.25) is 4.99 Å². The molecule has 3 atom stereocenters.